The molecule has 0 saturated carbocycles. The van der Waals surface area contributed by atoms with E-state index in [1.54, 1.807) is 0 Å². The topological polar surface area (TPSA) is 26.3 Å². The third kappa shape index (κ3) is 5.45. The predicted molar refractivity (Wildman–Crippen MR) is 65.2 cm³/mol. The molecule has 0 aromatic carbocycles. The lowest BCUT2D eigenvalue weighted by molar-refractivity contribution is -0.145. The Hall–Kier alpha value is -0.180. The van der Waals surface area contributed by atoms with E-state index in [0.717, 1.165) is 17.4 Å². The highest BCUT2D eigenvalue weighted by Crippen LogP contribution is 2.32. The van der Waals surface area contributed by atoms with Crippen LogP contribution in [-0.4, -0.2) is 23.1 Å². The Morgan fingerprint density at radius 2 is 2.20 bits per heavy atom. The minimum atomic E-state index is -0.132. The first-order valence-corrected chi connectivity index (χ1v) is 7.06. The monoisotopic (exact) mass is 230 g/mol. The normalized spacial score (nSPS) is 25.5. The summed E-state index contributed by atoms with van der Waals surface area (Å²) in [4.78, 5) is 10.8. The summed E-state index contributed by atoms with van der Waals surface area (Å²) in [6.45, 7) is 3.74. The molecule has 0 unspecified atom stereocenters. The van der Waals surface area contributed by atoms with Crippen LogP contribution in [0.25, 0.3) is 0 Å². The fraction of sp³-hybridized carbons (Fsp3) is 0.917. The summed E-state index contributed by atoms with van der Waals surface area (Å²) in [5.41, 5.74) is 0. The van der Waals surface area contributed by atoms with Gasteiger partial charge in [-0.2, -0.15) is 11.8 Å². The molecule has 2 nitrogen and oxygen atoms in total. The molecule has 1 fully saturated rings. The van der Waals surface area contributed by atoms with Crippen molar-refractivity contribution in [1.82, 2.24) is 0 Å². The molecule has 0 radical (unpaired) electrons. The zero-order valence-electron chi connectivity index (χ0n) is 9.83. The minimum Gasteiger partial charge on any atom is -0.462 e. The third-order valence-corrected chi connectivity index (χ3v) is 4.22. The molecular weight excluding hydrogens is 208 g/mol. The van der Waals surface area contributed by atoms with Crippen LogP contribution in [0.2, 0.25) is 0 Å². The second-order valence-electron chi connectivity index (χ2n) is 4.27. The van der Waals surface area contributed by atoms with Crippen molar-refractivity contribution < 1.29 is 9.53 Å². The lowest BCUT2D eigenvalue weighted by atomic mass is 10.1. The summed E-state index contributed by atoms with van der Waals surface area (Å²) >= 11 is 1.97. The van der Waals surface area contributed by atoms with Crippen LogP contribution in [0, 0.1) is 0 Å². The van der Waals surface area contributed by atoms with Crippen LogP contribution in [-0.2, 0) is 9.53 Å². The Morgan fingerprint density at radius 3 is 2.87 bits per heavy atom. The number of ether oxygens (including phenoxy) is 1. The molecule has 0 aromatic heterocycles. The van der Waals surface area contributed by atoms with Gasteiger partial charge in [-0.1, -0.05) is 32.6 Å². The van der Waals surface area contributed by atoms with Crippen molar-refractivity contribution in [1.29, 1.82) is 0 Å². The van der Waals surface area contributed by atoms with E-state index in [1.165, 1.54) is 39.0 Å². The molecule has 2 atom stereocenters. The standard InChI is InChI=1S/C12H22O2S/c1-3-4-5-6-7-12-8-11(9-15-12)14-10(2)13/h11-12H,3-9H2,1-2H3/t11-,12-/m1/s1. The van der Waals surface area contributed by atoms with Crippen LogP contribution in [0.5, 0.6) is 0 Å². The van der Waals surface area contributed by atoms with Gasteiger partial charge >= 0.3 is 5.97 Å². The Balaban J connectivity index is 2.05. The van der Waals surface area contributed by atoms with Gasteiger partial charge in [-0.3, -0.25) is 4.79 Å². The summed E-state index contributed by atoms with van der Waals surface area (Å²) in [5.74, 6) is 0.866. The quantitative estimate of drug-likeness (QED) is 0.517. The van der Waals surface area contributed by atoms with E-state index >= 15 is 0 Å². The highest BCUT2D eigenvalue weighted by atomic mass is 32.2. The van der Waals surface area contributed by atoms with E-state index < -0.39 is 0 Å². The van der Waals surface area contributed by atoms with Crippen molar-refractivity contribution in [3.8, 4) is 0 Å². The minimum absolute atomic E-state index is 0.132. The molecule has 3 heteroatoms. The SMILES string of the molecule is CCCCCC[C@@H]1C[C@@H](OC(C)=O)CS1. The smallest absolute Gasteiger partial charge is 0.302 e. The van der Waals surface area contributed by atoms with E-state index in [2.05, 4.69) is 6.92 Å². The van der Waals surface area contributed by atoms with Gasteiger partial charge in [0.2, 0.25) is 0 Å². The van der Waals surface area contributed by atoms with Crippen molar-refractivity contribution >= 4 is 17.7 Å². The van der Waals surface area contributed by atoms with E-state index in [-0.39, 0.29) is 12.1 Å². The highest BCUT2D eigenvalue weighted by Gasteiger charge is 2.26. The number of unbranched alkanes of at least 4 members (excludes halogenated alkanes) is 3. The first-order valence-electron chi connectivity index (χ1n) is 6.01. The Bertz CT molecular complexity index is 194. The first-order chi connectivity index (χ1) is 7.22. The molecule has 15 heavy (non-hydrogen) atoms. The lowest BCUT2D eigenvalue weighted by Gasteiger charge is -2.10. The zero-order valence-corrected chi connectivity index (χ0v) is 10.6. The van der Waals surface area contributed by atoms with E-state index in [4.69, 9.17) is 4.74 Å². The fourth-order valence-electron chi connectivity index (χ4n) is 1.99. The molecule has 88 valence electrons. The van der Waals surface area contributed by atoms with Gasteiger partial charge in [-0.25, -0.2) is 0 Å². The van der Waals surface area contributed by atoms with Gasteiger partial charge in [0.25, 0.3) is 0 Å². The zero-order chi connectivity index (χ0) is 11.1. The maximum absolute atomic E-state index is 10.8. The summed E-state index contributed by atoms with van der Waals surface area (Å²) in [6, 6.07) is 0. The number of carbonyl (C=O) groups is 1. The fourth-order valence-corrected chi connectivity index (χ4v) is 3.36. The molecule has 1 aliphatic heterocycles. The van der Waals surface area contributed by atoms with Crippen LogP contribution in [0.1, 0.15) is 52.4 Å². The Labute approximate surface area is 97.1 Å². The van der Waals surface area contributed by atoms with Crippen LogP contribution >= 0.6 is 11.8 Å². The second-order valence-corrected chi connectivity index (χ2v) is 5.61. The van der Waals surface area contributed by atoms with E-state index in [0.29, 0.717) is 0 Å². The van der Waals surface area contributed by atoms with Gasteiger partial charge < -0.3 is 4.74 Å². The molecule has 1 rings (SSSR count). The van der Waals surface area contributed by atoms with Crippen LogP contribution in [0.3, 0.4) is 0 Å². The van der Waals surface area contributed by atoms with Gasteiger partial charge in [0.05, 0.1) is 0 Å². The van der Waals surface area contributed by atoms with Crippen molar-refractivity contribution in [2.45, 2.75) is 63.7 Å². The maximum Gasteiger partial charge on any atom is 0.302 e. The Kier molecular flexibility index (Phi) is 6.15. The summed E-state index contributed by atoms with van der Waals surface area (Å²) in [7, 11) is 0. The van der Waals surface area contributed by atoms with Crippen molar-refractivity contribution in [3.63, 3.8) is 0 Å². The predicted octanol–water partition coefficient (Wildman–Crippen LogP) is 3.39. The van der Waals surface area contributed by atoms with Crippen LogP contribution < -0.4 is 0 Å². The molecule has 0 N–H and O–H groups in total. The first kappa shape index (κ1) is 12.9. The number of hydrogen-bond acceptors (Lipinski definition) is 3. The number of esters is 1. The summed E-state index contributed by atoms with van der Waals surface area (Å²) in [5, 5.41) is 0.728. The summed E-state index contributed by atoms with van der Waals surface area (Å²) < 4.78 is 5.21. The van der Waals surface area contributed by atoms with Gasteiger partial charge in [0, 0.05) is 17.9 Å². The molecule has 1 heterocycles. The lowest BCUT2D eigenvalue weighted by Crippen LogP contribution is -2.15. The molecule has 0 bridgehead atoms. The van der Waals surface area contributed by atoms with Crippen molar-refractivity contribution in [3.05, 3.63) is 0 Å². The number of rotatable bonds is 6. The molecule has 0 spiro atoms. The molecule has 1 aliphatic rings. The highest BCUT2D eigenvalue weighted by molar-refractivity contribution is 8.00. The Morgan fingerprint density at radius 1 is 1.40 bits per heavy atom. The van der Waals surface area contributed by atoms with Gasteiger partial charge in [-0.05, 0) is 12.8 Å². The summed E-state index contributed by atoms with van der Waals surface area (Å²) in [6.07, 6.45) is 7.88. The third-order valence-electron chi connectivity index (χ3n) is 2.76. The van der Waals surface area contributed by atoms with E-state index in [1.807, 2.05) is 11.8 Å². The van der Waals surface area contributed by atoms with Crippen molar-refractivity contribution in [2.75, 3.05) is 5.75 Å². The number of carbonyl (C=O) groups excluding carboxylic acids is 1. The average molecular weight is 230 g/mol. The molecule has 1 saturated heterocycles. The van der Waals surface area contributed by atoms with Gasteiger partial charge in [0.15, 0.2) is 0 Å². The molecule has 0 aromatic rings. The second kappa shape index (κ2) is 7.15. The maximum atomic E-state index is 10.8. The van der Waals surface area contributed by atoms with Crippen LogP contribution in [0.15, 0.2) is 0 Å². The van der Waals surface area contributed by atoms with E-state index in [9.17, 15) is 4.79 Å². The number of thioether (sulfide) groups is 1. The molecule has 0 aliphatic carbocycles. The average Bonchev–Trinajstić information content (AvgIpc) is 2.59. The van der Waals surface area contributed by atoms with Crippen molar-refractivity contribution in [2.24, 2.45) is 0 Å². The van der Waals surface area contributed by atoms with Gasteiger partial charge in [-0.15, -0.1) is 0 Å². The largest absolute Gasteiger partial charge is 0.462 e. The van der Waals surface area contributed by atoms with Gasteiger partial charge in [0.1, 0.15) is 6.10 Å². The number of hydrogen-bond donors (Lipinski definition) is 0. The molecule has 0 amide bonds. The van der Waals surface area contributed by atoms with Crippen LogP contribution in [0.4, 0.5) is 0 Å². The molecular formula is C12H22O2S.